The minimum atomic E-state index is 0.906. The van der Waals surface area contributed by atoms with Crippen LogP contribution in [0.5, 0.6) is 5.75 Å². The Kier molecular flexibility index (Phi) is 4.74. The van der Waals surface area contributed by atoms with Gasteiger partial charge in [0.15, 0.2) is 0 Å². The van der Waals surface area contributed by atoms with Gasteiger partial charge in [-0.05, 0) is 50.1 Å². The molecular weight excluding hydrogens is 254 g/mol. The van der Waals surface area contributed by atoms with Gasteiger partial charge in [-0.25, -0.2) is 0 Å². The van der Waals surface area contributed by atoms with Crippen LogP contribution in [0.25, 0.3) is 0 Å². The number of para-hydroxylation sites is 2. The summed E-state index contributed by atoms with van der Waals surface area (Å²) in [5, 5.41) is 0. The van der Waals surface area contributed by atoms with Crippen LogP contribution in [-0.2, 0) is 0 Å². The quantitative estimate of drug-likeness (QED) is 0.742. The molecular formula is C16H19NOS. The second kappa shape index (κ2) is 6.53. The maximum atomic E-state index is 5.43. The smallest absolute Gasteiger partial charge is 0.143 e. The van der Waals surface area contributed by atoms with Crippen molar-refractivity contribution in [1.82, 2.24) is 0 Å². The number of ether oxygens (including phenoxy) is 1. The van der Waals surface area contributed by atoms with Gasteiger partial charge in [0.2, 0.25) is 0 Å². The van der Waals surface area contributed by atoms with E-state index in [1.54, 1.807) is 19.1 Å². The molecule has 0 N–H and O–H groups in total. The maximum Gasteiger partial charge on any atom is 0.143 e. The third kappa shape index (κ3) is 3.44. The van der Waals surface area contributed by atoms with E-state index < -0.39 is 0 Å². The van der Waals surface area contributed by atoms with Gasteiger partial charge in [-0.3, -0.25) is 0 Å². The average molecular weight is 273 g/mol. The highest BCUT2D eigenvalue weighted by Crippen LogP contribution is 2.35. The minimum Gasteiger partial charge on any atom is -0.495 e. The zero-order valence-corrected chi connectivity index (χ0v) is 12.4. The summed E-state index contributed by atoms with van der Waals surface area (Å²) in [5.41, 5.74) is 2.39. The lowest BCUT2D eigenvalue weighted by molar-refractivity contribution is 0.416. The molecule has 0 bridgehead atoms. The predicted octanol–water partition coefficient (Wildman–Crippen LogP) is 4.54. The molecule has 2 aromatic rings. The molecule has 0 spiro atoms. The Labute approximate surface area is 119 Å². The van der Waals surface area contributed by atoms with E-state index in [0.717, 1.165) is 18.0 Å². The molecule has 0 fully saturated rings. The van der Waals surface area contributed by atoms with Gasteiger partial charge < -0.3 is 9.04 Å². The fourth-order valence-electron chi connectivity index (χ4n) is 1.85. The first kappa shape index (κ1) is 13.8. The van der Waals surface area contributed by atoms with Crippen LogP contribution in [0.3, 0.4) is 0 Å². The second-order valence-corrected chi connectivity index (χ2v) is 5.37. The third-order valence-corrected chi connectivity index (χ3v) is 4.04. The van der Waals surface area contributed by atoms with E-state index in [2.05, 4.69) is 48.5 Å². The van der Waals surface area contributed by atoms with Gasteiger partial charge in [0.1, 0.15) is 5.75 Å². The fourth-order valence-corrected chi connectivity index (χ4v) is 2.74. The Hall–Kier alpha value is -1.61. The molecule has 0 saturated carbocycles. The first-order valence-corrected chi connectivity index (χ1v) is 7.17. The number of hydrogen-bond acceptors (Lipinski definition) is 3. The maximum absolute atomic E-state index is 5.43. The van der Waals surface area contributed by atoms with Gasteiger partial charge in [0.05, 0.1) is 12.8 Å². The Morgan fingerprint density at radius 1 is 1.05 bits per heavy atom. The van der Waals surface area contributed by atoms with Crippen molar-refractivity contribution in [3.63, 3.8) is 0 Å². The molecule has 19 heavy (non-hydrogen) atoms. The molecule has 0 radical (unpaired) electrons. The number of aryl methyl sites for hydroxylation is 1. The van der Waals surface area contributed by atoms with E-state index in [-0.39, 0.29) is 0 Å². The first-order chi connectivity index (χ1) is 9.24. The van der Waals surface area contributed by atoms with Gasteiger partial charge in [0, 0.05) is 11.4 Å². The zero-order chi connectivity index (χ0) is 13.7. The third-order valence-electron chi connectivity index (χ3n) is 2.88. The molecule has 0 amide bonds. The van der Waals surface area contributed by atoms with E-state index >= 15 is 0 Å². The standard InChI is InChI=1S/C16H19NOS/c1-4-17(15-7-5-6-8-16(15)18-3)19-14-11-9-13(2)10-12-14/h5-12H,4H2,1-3H3. The van der Waals surface area contributed by atoms with Crippen molar-refractivity contribution in [2.75, 3.05) is 18.0 Å². The van der Waals surface area contributed by atoms with Gasteiger partial charge >= 0.3 is 0 Å². The highest BCUT2D eigenvalue weighted by atomic mass is 32.2. The summed E-state index contributed by atoms with van der Waals surface area (Å²) in [6.45, 7) is 5.17. The summed E-state index contributed by atoms with van der Waals surface area (Å²) < 4.78 is 7.67. The topological polar surface area (TPSA) is 12.5 Å². The molecule has 2 rings (SSSR count). The molecule has 100 valence electrons. The van der Waals surface area contributed by atoms with Crippen LogP contribution < -0.4 is 9.04 Å². The molecule has 0 aromatic heterocycles. The van der Waals surface area contributed by atoms with Crippen molar-refractivity contribution < 1.29 is 4.74 Å². The van der Waals surface area contributed by atoms with Crippen molar-refractivity contribution in [2.45, 2.75) is 18.7 Å². The van der Waals surface area contributed by atoms with Crippen LogP contribution in [0.15, 0.2) is 53.4 Å². The summed E-state index contributed by atoms with van der Waals surface area (Å²) in [4.78, 5) is 1.23. The molecule has 0 atom stereocenters. The Balaban J connectivity index is 2.22. The van der Waals surface area contributed by atoms with Crippen molar-refractivity contribution in [3.8, 4) is 5.75 Å². The second-order valence-electron chi connectivity index (χ2n) is 4.27. The number of rotatable bonds is 5. The van der Waals surface area contributed by atoms with Crippen LogP contribution in [0.2, 0.25) is 0 Å². The molecule has 0 unspecified atom stereocenters. The van der Waals surface area contributed by atoms with Crippen molar-refractivity contribution in [2.24, 2.45) is 0 Å². The largest absolute Gasteiger partial charge is 0.495 e. The minimum absolute atomic E-state index is 0.906. The van der Waals surface area contributed by atoms with E-state index in [1.165, 1.54) is 10.5 Å². The molecule has 0 aliphatic heterocycles. The van der Waals surface area contributed by atoms with E-state index in [1.807, 2.05) is 18.2 Å². The van der Waals surface area contributed by atoms with Crippen molar-refractivity contribution >= 4 is 17.6 Å². The number of benzene rings is 2. The lowest BCUT2D eigenvalue weighted by atomic mass is 10.2. The predicted molar refractivity (Wildman–Crippen MR) is 83.1 cm³/mol. The number of hydrogen-bond donors (Lipinski definition) is 0. The van der Waals surface area contributed by atoms with Crippen LogP contribution in [0.1, 0.15) is 12.5 Å². The highest BCUT2D eigenvalue weighted by molar-refractivity contribution is 8.00. The van der Waals surface area contributed by atoms with Gasteiger partial charge in [0.25, 0.3) is 0 Å². The number of nitrogens with zero attached hydrogens (tertiary/aromatic N) is 1. The summed E-state index contributed by atoms with van der Waals surface area (Å²) >= 11 is 1.73. The Morgan fingerprint density at radius 3 is 2.37 bits per heavy atom. The zero-order valence-electron chi connectivity index (χ0n) is 11.6. The van der Waals surface area contributed by atoms with E-state index in [4.69, 9.17) is 4.74 Å². The SMILES string of the molecule is CCN(Sc1ccc(C)cc1)c1ccccc1OC. The van der Waals surface area contributed by atoms with Crippen LogP contribution in [0, 0.1) is 6.92 Å². The Bertz CT molecular complexity index is 525. The fraction of sp³-hybridized carbons (Fsp3) is 0.250. The van der Waals surface area contributed by atoms with Crippen molar-refractivity contribution in [3.05, 3.63) is 54.1 Å². The monoisotopic (exact) mass is 273 g/mol. The molecule has 0 heterocycles. The number of methoxy groups -OCH3 is 1. The van der Waals surface area contributed by atoms with Crippen LogP contribution in [0.4, 0.5) is 5.69 Å². The first-order valence-electron chi connectivity index (χ1n) is 6.39. The molecule has 0 saturated heterocycles. The normalized spacial score (nSPS) is 10.3. The molecule has 0 aliphatic rings. The van der Waals surface area contributed by atoms with Crippen LogP contribution >= 0.6 is 11.9 Å². The van der Waals surface area contributed by atoms with Gasteiger partial charge in [-0.15, -0.1) is 0 Å². The van der Waals surface area contributed by atoms with E-state index in [0.29, 0.717) is 0 Å². The molecule has 2 aromatic carbocycles. The number of anilines is 1. The molecule has 2 nitrogen and oxygen atoms in total. The van der Waals surface area contributed by atoms with E-state index in [9.17, 15) is 0 Å². The molecule has 3 heteroatoms. The summed E-state index contributed by atoms with van der Waals surface area (Å²) in [6.07, 6.45) is 0. The Morgan fingerprint density at radius 2 is 1.74 bits per heavy atom. The highest BCUT2D eigenvalue weighted by Gasteiger charge is 2.11. The lowest BCUT2D eigenvalue weighted by Crippen LogP contribution is -2.13. The van der Waals surface area contributed by atoms with Crippen molar-refractivity contribution in [1.29, 1.82) is 0 Å². The summed E-state index contributed by atoms with van der Waals surface area (Å²) in [6, 6.07) is 16.7. The molecule has 0 aliphatic carbocycles. The average Bonchev–Trinajstić information content (AvgIpc) is 2.46. The van der Waals surface area contributed by atoms with Crippen LogP contribution in [-0.4, -0.2) is 13.7 Å². The lowest BCUT2D eigenvalue weighted by Gasteiger charge is -2.23. The summed E-state index contributed by atoms with van der Waals surface area (Å²) in [7, 11) is 1.71. The summed E-state index contributed by atoms with van der Waals surface area (Å²) in [5.74, 6) is 0.906. The van der Waals surface area contributed by atoms with Gasteiger partial charge in [-0.2, -0.15) is 0 Å². The van der Waals surface area contributed by atoms with Gasteiger partial charge in [-0.1, -0.05) is 29.8 Å².